The lowest BCUT2D eigenvalue weighted by Gasteiger charge is -2.48. The van der Waals surface area contributed by atoms with Gasteiger partial charge < -0.3 is 15.0 Å². The van der Waals surface area contributed by atoms with Crippen LogP contribution in [-0.2, 0) is 16.1 Å². The molecule has 5 nitrogen and oxygen atoms in total. The van der Waals surface area contributed by atoms with Crippen LogP contribution < -0.4 is 5.32 Å². The molecule has 0 spiro atoms. The van der Waals surface area contributed by atoms with Gasteiger partial charge in [0, 0.05) is 18.6 Å². The number of piperidine rings is 2. The Morgan fingerprint density at radius 2 is 1.74 bits per heavy atom. The standard InChI is InChI=1S/C22H28F4N2O3/c1-21(2,3)31-20(30)28-15-5-4-6-16(28)11-14(10-15)17-9-13(7-8-18(17)23)12-27-19(29)22(24,25)26/h7-9,14-16H,4-6,10-12H2,1-3H3,(H,27,29). The number of hydrogen-bond donors (Lipinski definition) is 1. The second-order valence-corrected chi connectivity index (χ2v) is 9.33. The van der Waals surface area contributed by atoms with E-state index in [9.17, 15) is 27.2 Å². The number of halogens is 4. The third-order valence-electron chi connectivity index (χ3n) is 5.79. The lowest BCUT2D eigenvalue weighted by atomic mass is 9.75. The summed E-state index contributed by atoms with van der Waals surface area (Å²) in [5, 5.41) is 1.82. The number of amides is 2. The van der Waals surface area contributed by atoms with Gasteiger partial charge in [-0.25, -0.2) is 9.18 Å². The van der Waals surface area contributed by atoms with Crippen LogP contribution in [0.3, 0.4) is 0 Å². The first-order chi connectivity index (χ1) is 14.3. The summed E-state index contributed by atoms with van der Waals surface area (Å²) in [5.41, 5.74) is 0.206. The predicted molar refractivity (Wildman–Crippen MR) is 106 cm³/mol. The minimum absolute atomic E-state index is 0.0691. The van der Waals surface area contributed by atoms with Crippen molar-refractivity contribution < 1.29 is 31.9 Å². The SMILES string of the molecule is CC(C)(C)OC(=O)N1C2CCCC1CC(c1cc(CNC(=O)C(F)(F)F)ccc1F)C2. The van der Waals surface area contributed by atoms with E-state index in [0.717, 1.165) is 19.3 Å². The summed E-state index contributed by atoms with van der Waals surface area (Å²) in [6, 6.07) is 3.97. The molecular weight excluding hydrogens is 416 g/mol. The minimum Gasteiger partial charge on any atom is -0.444 e. The number of fused-ring (bicyclic) bond motifs is 2. The first kappa shape index (κ1) is 23.3. The van der Waals surface area contributed by atoms with E-state index in [1.54, 1.807) is 4.90 Å². The number of rotatable bonds is 3. The average Bonchev–Trinajstić information content (AvgIpc) is 2.63. The Balaban J connectivity index is 1.74. The van der Waals surface area contributed by atoms with Gasteiger partial charge in [-0.1, -0.05) is 12.1 Å². The maximum absolute atomic E-state index is 14.6. The van der Waals surface area contributed by atoms with Gasteiger partial charge in [0.2, 0.25) is 0 Å². The molecule has 2 saturated heterocycles. The van der Waals surface area contributed by atoms with Crippen LogP contribution in [0.25, 0.3) is 0 Å². The number of nitrogens with one attached hydrogen (secondary N) is 1. The molecule has 2 aliphatic rings. The lowest BCUT2D eigenvalue weighted by Crippen LogP contribution is -2.55. The smallest absolute Gasteiger partial charge is 0.444 e. The summed E-state index contributed by atoms with van der Waals surface area (Å²) in [7, 11) is 0. The third kappa shape index (κ3) is 5.68. The first-order valence-electron chi connectivity index (χ1n) is 10.5. The van der Waals surface area contributed by atoms with Gasteiger partial charge in [0.15, 0.2) is 0 Å². The van der Waals surface area contributed by atoms with Crippen LogP contribution in [0, 0.1) is 5.82 Å². The van der Waals surface area contributed by atoms with Gasteiger partial charge in [-0.3, -0.25) is 4.79 Å². The van der Waals surface area contributed by atoms with Crippen LogP contribution in [0.15, 0.2) is 18.2 Å². The summed E-state index contributed by atoms with van der Waals surface area (Å²) in [4.78, 5) is 25.6. The number of benzene rings is 1. The van der Waals surface area contributed by atoms with E-state index in [1.165, 1.54) is 18.2 Å². The molecule has 0 aromatic heterocycles. The zero-order valence-electron chi connectivity index (χ0n) is 17.9. The Morgan fingerprint density at radius 1 is 1.13 bits per heavy atom. The summed E-state index contributed by atoms with van der Waals surface area (Å²) in [5.74, 6) is -2.62. The number of hydrogen-bond acceptors (Lipinski definition) is 3. The Kier molecular flexibility index (Phi) is 6.53. The minimum atomic E-state index is -4.96. The fourth-order valence-electron chi connectivity index (χ4n) is 4.55. The maximum Gasteiger partial charge on any atom is 0.471 e. The highest BCUT2D eigenvalue weighted by Crippen LogP contribution is 2.43. The summed E-state index contributed by atoms with van der Waals surface area (Å²) in [6.07, 6.45) is -1.62. The molecule has 1 aromatic rings. The monoisotopic (exact) mass is 444 g/mol. The molecule has 0 saturated carbocycles. The summed E-state index contributed by atoms with van der Waals surface area (Å²) < 4.78 is 57.4. The normalized spacial score (nSPS) is 24.0. The zero-order valence-corrected chi connectivity index (χ0v) is 17.9. The van der Waals surface area contributed by atoms with E-state index in [1.807, 2.05) is 26.1 Å². The van der Waals surface area contributed by atoms with Crippen molar-refractivity contribution in [2.24, 2.45) is 0 Å². The molecule has 0 radical (unpaired) electrons. The predicted octanol–water partition coefficient (Wildman–Crippen LogP) is 5.04. The van der Waals surface area contributed by atoms with E-state index in [0.29, 0.717) is 24.0 Å². The van der Waals surface area contributed by atoms with Crippen molar-refractivity contribution in [1.29, 1.82) is 0 Å². The van der Waals surface area contributed by atoms with Gasteiger partial charge in [-0.2, -0.15) is 13.2 Å². The number of ether oxygens (including phenoxy) is 1. The van der Waals surface area contributed by atoms with Crippen molar-refractivity contribution in [2.45, 2.75) is 89.2 Å². The van der Waals surface area contributed by atoms with Crippen LogP contribution in [0.2, 0.25) is 0 Å². The second kappa shape index (κ2) is 8.67. The number of alkyl halides is 3. The van der Waals surface area contributed by atoms with Crippen molar-refractivity contribution >= 4 is 12.0 Å². The molecule has 2 unspecified atom stereocenters. The number of nitrogens with zero attached hydrogens (tertiary/aromatic N) is 1. The second-order valence-electron chi connectivity index (χ2n) is 9.33. The lowest BCUT2D eigenvalue weighted by molar-refractivity contribution is -0.173. The largest absolute Gasteiger partial charge is 0.471 e. The highest BCUT2D eigenvalue weighted by atomic mass is 19.4. The Hall–Kier alpha value is -2.32. The van der Waals surface area contributed by atoms with Gasteiger partial charge >= 0.3 is 18.2 Å². The number of carbonyl (C=O) groups excluding carboxylic acids is 2. The van der Waals surface area contributed by atoms with Gasteiger partial charge in [0.25, 0.3) is 0 Å². The molecule has 2 amide bonds. The molecule has 172 valence electrons. The molecular formula is C22H28F4N2O3. The quantitative estimate of drug-likeness (QED) is 0.665. The van der Waals surface area contributed by atoms with Crippen LogP contribution in [0.1, 0.15) is 69.9 Å². The molecule has 2 heterocycles. The van der Waals surface area contributed by atoms with Crippen LogP contribution in [0.4, 0.5) is 22.4 Å². The molecule has 1 aromatic carbocycles. The fraction of sp³-hybridized carbons (Fsp3) is 0.636. The van der Waals surface area contributed by atoms with Crippen molar-refractivity contribution in [3.8, 4) is 0 Å². The van der Waals surface area contributed by atoms with Gasteiger partial charge in [0.05, 0.1) is 0 Å². The summed E-state index contributed by atoms with van der Waals surface area (Å²) in [6.45, 7) is 5.10. The van der Waals surface area contributed by atoms with Crippen LogP contribution in [-0.4, -0.2) is 40.8 Å². The van der Waals surface area contributed by atoms with Crippen molar-refractivity contribution in [2.75, 3.05) is 0 Å². The highest BCUT2D eigenvalue weighted by molar-refractivity contribution is 5.81. The van der Waals surface area contributed by atoms with Gasteiger partial charge in [0.1, 0.15) is 11.4 Å². The molecule has 3 rings (SSSR count). The molecule has 2 atom stereocenters. The summed E-state index contributed by atoms with van der Waals surface area (Å²) >= 11 is 0. The topological polar surface area (TPSA) is 58.6 Å². The van der Waals surface area contributed by atoms with E-state index < -0.39 is 23.5 Å². The molecule has 1 N–H and O–H groups in total. The Morgan fingerprint density at radius 3 is 2.29 bits per heavy atom. The molecule has 9 heteroatoms. The van der Waals surface area contributed by atoms with E-state index in [-0.39, 0.29) is 30.6 Å². The Bertz CT molecular complexity index is 821. The van der Waals surface area contributed by atoms with Gasteiger partial charge in [-0.05, 0) is 76.0 Å². The van der Waals surface area contributed by atoms with Crippen LogP contribution >= 0.6 is 0 Å². The van der Waals surface area contributed by atoms with E-state index in [2.05, 4.69) is 0 Å². The Labute approximate surface area is 179 Å². The van der Waals surface area contributed by atoms with Crippen molar-refractivity contribution in [3.05, 3.63) is 35.1 Å². The molecule has 2 aliphatic heterocycles. The fourth-order valence-corrected chi connectivity index (χ4v) is 4.55. The molecule has 0 aliphatic carbocycles. The zero-order chi connectivity index (χ0) is 23.0. The van der Waals surface area contributed by atoms with E-state index >= 15 is 0 Å². The van der Waals surface area contributed by atoms with Gasteiger partial charge in [-0.15, -0.1) is 0 Å². The average molecular weight is 444 g/mol. The van der Waals surface area contributed by atoms with Crippen molar-refractivity contribution in [3.63, 3.8) is 0 Å². The number of carbonyl (C=O) groups is 2. The van der Waals surface area contributed by atoms with E-state index in [4.69, 9.17) is 4.74 Å². The third-order valence-corrected chi connectivity index (χ3v) is 5.79. The molecule has 2 fully saturated rings. The van der Waals surface area contributed by atoms with Crippen molar-refractivity contribution in [1.82, 2.24) is 10.2 Å². The van der Waals surface area contributed by atoms with Crippen LogP contribution in [0.5, 0.6) is 0 Å². The molecule has 31 heavy (non-hydrogen) atoms. The first-order valence-corrected chi connectivity index (χ1v) is 10.5. The molecule has 2 bridgehead atoms. The maximum atomic E-state index is 14.6. The highest BCUT2D eigenvalue weighted by Gasteiger charge is 2.43.